The number of nitrogens with one attached hydrogen (secondary N) is 1. The quantitative estimate of drug-likeness (QED) is 0.942. The second kappa shape index (κ2) is 5.82. The predicted molar refractivity (Wildman–Crippen MR) is 74.8 cm³/mol. The van der Waals surface area contributed by atoms with Crippen molar-refractivity contribution in [3.05, 3.63) is 46.2 Å². The minimum atomic E-state index is 0.494. The van der Waals surface area contributed by atoms with Crippen LogP contribution in [0.1, 0.15) is 11.1 Å². The highest BCUT2D eigenvalue weighted by Gasteiger charge is 2.06. The number of benzene rings is 1. The molecule has 0 fully saturated rings. The number of hydrogen-bond acceptors (Lipinski definition) is 4. The van der Waals surface area contributed by atoms with Crippen molar-refractivity contribution in [2.45, 2.75) is 13.5 Å². The number of rotatable bonds is 4. The van der Waals surface area contributed by atoms with Gasteiger partial charge in [0, 0.05) is 11.5 Å². The van der Waals surface area contributed by atoms with Crippen LogP contribution in [0.15, 0.2) is 35.1 Å². The first-order valence-corrected chi connectivity index (χ1v) is 6.36. The second-order valence-electron chi connectivity index (χ2n) is 3.82. The average molecular weight is 308 g/mol. The van der Waals surface area contributed by atoms with Crippen LogP contribution in [0.3, 0.4) is 0 Å². The zero-order chi connectivity index (χ0) is 13.0. The number of halogens is 1. The molecule has 0 spiro atoms. The summed E-state index contributed by atoms with van der Waals surface area (Å²) in [5.41, 5.74) is 2.01. The summed E-state index contributed by atoms with van der Waals surface area (Å²) in [6, 6.07) is 8.01. The number of aromatic nitrogens is 2. The highest BCUT2D eigenvalue weighted by atomic mass is 79.9. The first-order chi connectivity index (χ1) is 8.70. The number of nitrogens with zero attached hydrogens (tertiary/aromatic N) is 2. The minimum Gasteiger partial charge on any atom is -0.472 e. The van der Waals surface area contributed by atoms with Crippen LogP contribution < -0.4 is 10.1 Å². The van der Waals surface area contributed by atoms with Crippen molar-refractivity contribution in [1.82, 2.24) is 9.97 Å². The van der Waals surface area contributed by atoms with Gasteiger partial charge < -0.3 is 10.1 Å². The Hall–Kier alpha value is -1.62. The zero-order valence-electron chi connectivity index (χ0n) is 10.3. The third kappa shape index (κ3) is 2.98. The molecule has 0 aliphatic carbocycles. The largest absolute Gasteiger partial charge is 0.472 e. The van der Waals surface area contributed by atoms with Crippen LogP contribution in [0.5, 0.6) is 5.88 Å². The summed E-state index contributed by atoms with van der Waals surface area (Å²) in [6.45, 7) is 2.43. The lowest BCUT2D eigenvalue weighted by Crippen LogP contribution is -2.03. The molecule has 0 radical (unpaired) electrons. The Morgan fingerprint density at radius 2 is 1.94 bits per heavy atom. The van der Waals surface area contributed by atoms with Crippen LogP contribution in [-0.4, -0.2) is 17.0 Å². The third-order valence-electron chi connectivity index (χ3n) is 2.56. The Kier molecular flexibility index (Phi) is 4.15. The van der Waals surface area contributed by atoms with Crippen LogP contribution in [0.2, 0.25) is 0 Å². The SMILES string of the molecule is CNc1ncnc(OCc2ccc(Br)cc2)c1C. The summed E-state index contributed by atoms with van der Waals surface area (Å²) < 4.78 is 6.76. The van der Waals surface area contributed by atoms with Gasteiger partial charge in [0.05, 0.1) is 5.56 Å². The Balaban J connectivity index is 2.08. The van der Waals surface area contributed by atoms with Crippen molar-refractivity contribution in [1.29, 1.82) is 0 Å². The summed E-state index contributed by atoms with van der Waals surface area (Å²) in [5.74, 6) is 1.40. The molecule has 4 nitrogen and oxygen atoms in total. The van der Waals surface area contributed by atoms with Crippen LogP contribution in [0.4, 0.5) is 5.82 Å². The molecule has 1 aromatic heterocycles. The first kappa shape index (κ1) is 12.8. The zero-order valence-corrected chi connectivity index (χ0v) is 11.9. The predicted octanol–water partition coefficient (Wildman–Crippen LogP) is 3.17. The van der Waals surface area contributed by atoms with Crippen molar-refractivity contribution in [3.8, 4) is 5.88 Å². The molecular formula is C13H14BrN3O. The Bertz CT molecular complexity index is 528. The van der Waals surface area contributed by atoms with Crippen LogP contribution >= 0.6 is 15.9 Å². The first-order valence-electron chi connectivity index (χ1n) is 5.57. The van der Waals surface area contributed by atoms with E-state index in [0.29, 0.717) is 12.5 Å². The van der Waals surface area contributed by atoms with E-state index in [4.69, 9.17) is 4.74 Å². The van der Waals surface area contributed by atoms with Gasteiger partial charge in [-0.3, -0.25) is 0 Å². The normalized spacial score (nSPS) is 10.2. The van der Waals surface area contributed by atoms with Gasteiger partial charge in [-0.2, -0.15) is 0 Å². The van der Waals surface area contributed by atoms with E-state index in [0.717, 1.165) is 21.4 Å². The maximum Gasteiger partial charge on any atom is 0.221 e. The van der Waals surface area contributed by atoms with Gasteiger partial charge >= 0.3 is 0 Å². The molecule has 94 valence electrons. The maximum atomic E-state index is 5.70. The highest BCUT2D eigenvalue weighted by molar-refractivity contribution is 9.10. The number of hydrogen-bond donors (Lipinski definition) is 1. The topological polar surface area (TPSA) is 47.0 Å². The maximum absolute atomic E-state index is 5.70. The Morgan fingerprint density at radius 1 is 1.22 bits per heavy atom. The molecular weight excluding hydrogens is 294 g/mol. The van der Waals surface area contributed by atoms with Crippen molar-refractivity contribution >= 4 is 21.7 Å². The number of ether oxygens (including phenoxy) is 1. The van der Waals surface area contributed by atoms with Gasteiger partial charge in [0.15, 0.2) is 0 Å². The van der Waals surface area contributed by atoms with E-state index in [1.807, 2.05) is 38.2 Å². The van der Waals surface area contributed by atoms with E-state index in [-0.39, 0.29) is 0 Å². The van der Waals surface area contributed by atoms with Crippen molar-refractivity contribution < 1.29 is 4.74 Å². The number of anilines is 1. The van der Waals surface area contributed by atoms with Crippen molar-refractivity contribution in [3.63, 3.8) is 0 Å². The highest BCUT2D eigenvalue weighted by Crippen LogP contribution is 2.21. The molecule has 5 heteroatoms. The molecule has 18 heavy (non-hydrogen) atoms. The van der Waals surface area contributed by atoms with Gasteiger partial charge in [0.1, 0.15) is 18.8 Å². The van der Waals surface area contributed by atoms with Gasteiger partial charge in [-0.25, -0.2) is 9.97 Å². The summed E-state index contributed by atoms with van der Waals surface area (Å²) in [7, 11) is 1.83. The third-order valence-corrected chi connectivity index (χ3v) is 3.09. The molecule has 0 unspecified atom stereocenters. The molecule has 0 aliphatic rings. The molecule has 0 amide bonds. The molecule has 1 heterocycles. The Morgan fingerprint density at radius 3 is 2.61 bits per heavy atom. The van der Waals surface area contributed by atoms with Crippen LogP contribution in [-0.2, 0) is 6.61 Å². The molecule has 0 atom stereocenters. The van der Waals surface area contributed by atoms with E-state index < -0.39 is 0 Å². The van der Waals surface area contributed by atoms with Crippen molar-refractivity contribution in [2.24, 2.45) is 0 Å². The lowest BCUT2D eigenvalue weighted by molar-refractivity contribution is 0.291. The molecule has 2 rings (SSSR count). The standard InChI is InChI=1S/C13H14BrN3O/c1-9-12(15-2)16-8-17-13(9)18-7-10-3-5-11(14)6-4-10/h3-6,8H,7H2,1-2H3,(H,15,16,17). The van der Waals surface area contributed by atoms with Gasteiger partial charge in [-0.1, -0.05) is 28.1 Å². The summed E-state index contributed by atoms with van der Waals surface area (Å²) >= 11 is 3.40. The summed E-state index contributed by atoms with van der Waals surface area (Å²) in [4.78, 5) is 8.25. The fourth-order valence-corrected chi connectivity index (χ4v) is 1.83. The van der Waals surface area contributed by atoms with Gasteiger partial charge in [0.25, 0.3) is 0 Å². The van der Waals surface area contributed by atoms with Crippen molar-refractivity contribution in [2.75, 3.05) is 12.4 Å². The monoisotopic (exact) mass is 307 g/mol. The van der Waals surface area contributed by atoms with E-state index in [1.165, 1.54) is 6.33 Å². The smallest absolute Gasteiger partial charge is 0.221 e. The van der Waals surface area contributed by atoms with E-state index in [9.17, 15) is 0 Å². The molecule has 2 aromatic rings. The summed E-state index contributed by atoms with van der Waals surface area (Å²) in [6.07, 6.45) is 1.50. The lowest BCUT2D eigenvalue weighted by atomic mass is 10.2. The van der Waals surface area contributed by atoms with E-state index in [2.05, 4.69) is 31.2 Å². The summed E-state index contributed by atoms with van der Waals surface area (Å²) in [5, 5.41) is 3.00. The molecule has 0 bridgehead atoms. The second-order valence-corrected chi connectivity index (χ2v) is 4.73. The van der Waals surface area contributed by atoms with Crippen LogP contribution in [0.25, 0.3) is 0 Å². The average Bonchev–Trinajstić information content (AvgIpc) is 2.39. The van der Waals surface area contributed by atoms with Gasteiger partial charge in [-0.15, -0.1) is 0 Å². The molecule has 0 saturated heterocycles. The molecule has 0 aliphatic heterocycles. The Labute approximate surface area is 115 Å². The fraction of sp³-hybridized carbons (Fsp3) is 0.231. The van der Waals surface area contributed by atoms with Crippen LogP contribution in [0, 0.1) is 6.92 Å². The fourth-order valence-electron chi connectivity index (χ4n) is 1.56. The van der Waals surface area contributed by atoms with E-state index in [1.54, 1.807) is 0 Å². The van der Waals surface area contributed by atoms with Gasteiger partial charge in [-0.05, 0) is 24.6 Å². The minimum absolute atomic E-state index is 0.494. The molecule has 1 N–H and O–H groups in total. The molecule has 1 aromatic carbocycles. The molecule has 0 saturated carbocycles. The lowest BCUT2D eigenvalue weighted by Gasteiger charge is -2.10. The van der Waals surface area contributed by atoms with Gasteiger partial charge in [0.2, 0.25) is 5.88 Å². The van der Waals surface area contributed by atoms with E-state index >= 15 is 0 Å².